The maximum absolute atomic E-state index is 4.13. The van der Waals surface area contributed by atoms with Gasteiger partial charge in [0, 0.05) is 49.1 Å². The fraction of sp³-hybridized carbons (Fsp3) is 0.353. The lowest BCUT2D eigenvalue weighted by atomic mass is 10.0. The first kappa shape index (κ1) is 17.4. The number of aromatic nitrogens is 1. The molecular formula is C17H21BrClN3. The fourth-order valence-corrected chi connectivity index (χ4v) is 3.25. The van der Waals surface area contributed by atoms with E-state index >= 15 is 0 Å². The number of piperazine rings is 1. The molecule has 1 aliphatic rings. The molecule has 0 aliphatic carbocycles. The third-order valence-corrected chi connectivity index (χ3v) is 4.92. The van der Waals surface area contributed by atoms with Crippen molar-refractivity contribution >= 4 is 28.3 Å². The van der Waals surface area contributed by atoms with Crippen molar-refractivity contribution in [1.29, 1.82) is 0 Å². The number of rotatable bonds is 3. The Labute approximate surface area is 146 Å². The van der Waals surface area contributed by atoms with Gasteiger partial charge in [0.15, 0.2) is 0 Å². The Balaban J connectivity index is 0.00000176. The van der Waals surface area contributed by atoms with Crippen LogP contribution in [0.1, 0.15) is 22.7 Å². The van der Waals surface area contributed by atoms with Crippen molar-refractivity contribution in [3.63, 3.8) is 0 Å². The number of halogens is 2. The molecule has 3 nitrogen and oxygen atoms in total. The van der Waals surface area contributed by atoms with Crippen molar-refractivity contribution in [3.8, 4) is 0 Å². The second kappa shape index (κ2) is 8.06. The topological polar surface area (TPSA) is 28.2 Å². The highest BCUT2D eigenvalue weighted by Gasteiger charge is 2.23. The first-order valence-electron chi connectivity index (χ1n) is 7.34. The summed E-state index contributed by atoms with van der Waals surface area (Å²) in [4.78, 5) is 6.67. The molecule has 22 heavy (non-hydrogen) atoms. The van der Waals surface area contributed by atoms with Crippen LogP contribution < -0.4 is 5.32 Å². The molecule has 0 radical (unpaired) electrons. The number of benzene rings is 1. The molecule has 2 heterocycles. The van der Waals surface area contributed by atoms with Crippen LogP contribution >= 0.6 is 28.3 Å². The van der Waals surface area contributed by atoms with E-state index in [1.54, 1.807) is 0 Å². The van der Waals surface area contributed by atoms with E-state index in [9.17, 15) is 0 Å². The van der Waals surface area contributed by atoms with E-state index in [1.807, 2.05) is 12.4 Å². The molecule has 1 aliphatic heterocycles. The van der Waals surface area contributed by atoms with Gasteiger partial charge in [0.25, 0.3) is 0 Å². The van der Waals surface area contributed by atoms with E-state index in [-0.39, 0.29) is 12.4 Å². The zero-order chi connectivity index (χ0) is 14.7. The lowest BCUT2D eigenvalue weighted by Crippen LogP contribution is -2.45. The first-order valence-corrected chi connectivity index (χ1v) is 8.13. The van der Waals surface area contributed by atoms with E-state index in [2.05, 4.69) is 68.4 Å². The summed E-state index contributed by atoms with van der Waals surface area (Å²) in [5, 5.41) is 3.50. The predicted molar refractivity (Wildman–Crippen MR) is 96.4 cm³/mol. The molecule has 118 valence electrons. The molecule has 0 spiro atoms. The Bertz CT molecular complexity index is 606. The second-order valence-corrected chi connectivity index (χ2v) is 6.41. The largest absolute Gasteiger partial charge is 0.314 e. The van der Waals surface area contributed by atoms with Gasteiger partial charge in [-0.25, -0.2) is 0 Å². The number of hydrogen-bond donors (Lipinski definition) is 1. The monoisotopic (exact) mass is 381 g/mol. The summed E-state index contributed by atoms with van der Waals surface area (Å²) in [6.07, 6.45) is 3.76. The van der Waals surface area contributed by atoms with Crippen LogP contribution in [0.3, 0.4) is 0 Å². The molecule has 1 N–H and O–H groups in total. The Hall–Kier alpha value is -0.940. The van der Waals surface area contributed by atoms with Crippen LogP contribution in [-0.4, -0.2) is 29.5 Å². The van der Waals surface area contributed by atoms with Crippen LogP contribution in [0.25, 0.3) is 0 Å². The van der Waals surface area contributed by atoms with Crippen molar-refractivity contribution in [2.24, 2.45) is 0 Å². The van der Waals surface area contributed by atoms with E-state index < -0.39 is 0 Å². The van der Waals surface area contributed by atoms with Gasteiger partial charge in [-0.15, -0.1) is 12.4 Å². The molecule has 0 bridgehead atoms. The Morgan fingerprint density at radius 2 is 2.05 bits per heavy atom. The normalized spacial score (nSPS) is 18.7. The maximum Gasteiger partial charge on any atom is 0.0477 e. The summed E-state index contributed by atoms with van der Waals surface area (Å²) in [6.45, 7) is 6.22. The van der Waals surface area contributed by atoms with E-state index in [0.29, 0.717) is 6.04 Å². The van der Waals surface area contributed by atoms with E-state index in [0.717, 1.165) is 26.2 Å². The van der Waals surface area contributed by atoms with Crippen LogP contribution in [0, 0.1) is 6.92 Å². The molecule has 0 amide bonds. The summed E-state index contributed by atoms with van der Waals surface area (Å²) in [5.41, 5.74) is 3.97. The lowest BCUT2D eigenvalue weighted by Gasteiger charge is -2.36. The Morgan fingerprint density at radius 3 is 2.77 bits per heavy atom. The van der Waals surface area contributed by atoms with Gasteiger partial charge < -0.3 is 5.32 Å². The first-order chi connectivity index (χ1) is 10.2. The molecule has 1 saturated heterocycles. The summed E-state index contributed by atoms with van der Waals surface area (Å²) in [5.74, 6) is 0. The summed E-state index contributed by atoms with van der Waals surface area (Å²) in [7, 11) is 0. The highest BCUT2D eigenvalue weighted by Crippen LogP contribution is 2.25. The van der Waals surface area contributed by atoms with Crippen LogP contribution in [-0.2, 0) is 6.54 Å². The third-order valence-electron chi connectivity index (χ3n) is 4.07. The maximum atomic E-state index is 4.13. The molecular weight excluding hydrogens is 362 g/mol. The molecule has 1 unspecified atom stereocenters. The predicted octanol–water partition coefficient (Wildman–Crippen LogP) is 3.72. The second-order valence-electron chi connectivity index (χ2n) is 5.55. The van der Waals surface area contributed by atoms with Gasteiger partial charge >= 0.3 is 0 Å². The minimum atomic E-state index is 0. The van der Waals surface area contributed by atoms with Gasteiger partial charge in [-0.05, 0) is 41.8 Å². The minimum Gasteiger partial charge on any atom is -0.314 e. The summed E-state index contributed by atoms with van der Waals surface area (Å²) < 4.78 is 1.19. The van der Waals surface area contributed by atoms with Crippen molar-refractivity contribution in [2.75, 3.05) is 19.6 Å². The highest BCUT2D eigenvalue weighted by molar-refractivity contribution is 9.10. The van der Waals surface area contributed by atoms with Gasteiger partial charge in [0.1, 0.15) is 0 Å². The summed E-state index contributed by atoms with van der Waals surface area (Å²) in [6, 6.07) is 11.3. The van der Waals surface area contributed by atoms with Gasteiger partial charge in [0.05, 0.1) is 0 Å². The van der Waals surface area contributed by atoms with Crippen LogP contribution in [0.15, 0.2) is 47.2 Å². The van der Waals surface area contributed by atoms with Gasteiger partial charge in [0.2, 0.25) is 0 Å². The lowest BCUT2D eigenvalue weighted by molar-refractivity contribution is 0.153. The number of nitrogens with zero attached hydrogens (tertiary/aromatic N) is 2. The average Bonchev–Trinajstić information content (AvgIpc) is 2.52. The molecule has 1 aromatic heterocycles. The smallest absolute Gasteiger partial charge is 0.0477 e. The minimum absolute atomic E-state index is 0. The van der Waals surface area contributed by atoms with Gasteiger partial charge in [-0.3, -0.25) is 9.88 Å². The molecule has 1 fully saturated rings. The third kappa shape index (κ3) is 4.07. The molecule has 5 heteroatoms. The van der Waals surface area contributed by atoms with E-state index in [1.165, 1.54) is 21.2 Å². The highest BCUT2D eigenvalue weighted by atomic mass is 79.9. The zero-order valence-corrected chi connectivity index (χ0v) is 15.0. The van der Waals surface area contributed by atoms with Crippen molar-refractivity contribution in [1.82, 2.24) is 15.2 Å². The standard InChI is InChI=1S/C17H20BrN3.ClH/c1-13-2-3-14(10-16(13)18)12-21-9-8-20-11-17(21)15-4-6-19-7-5-15;/h2-7,10,17,20H,8-9,11-12H2,1H3;1H. The average molecular weight is 383 g/mol. The van der Waals surface area contributed by atoms with Crippen molar-refractivity contribution in [3.05, 3.63) is 63.9 Å². The van der Waals surface area contributed by atoms with Crippen LogP contribution in [0.2, 0.25) is 0 Å². The van der Waals surface area contributed by atoms with Gasteiger partial charge in [-0.1, -0.05) is 28.1 Å². The van der Waals surface area contributed by atoms with Crippen molar-refractivity contribution in [2.45, 2.75) is 19.5 Å². The zero-order valence-electron chi connectivity index (χ0n) is 12.6. The van der Waals surface area contributed by atoms with Crippen molar-refractivity contribution < 1.29 is 0 Å². The molecule has 1 atom stereocenters. The Morgan fingerprint density at radius 1 is 1.27 bits per heavy atom. The molecule has 3 rings (SSSR count). The quantitative estimate of drug-likeness (QED) is 0.877. The van der Waals surface area contributed by atoms with Crippen LogP contribution in [0.4, 0.5) is 0 Å². The summed E-state index contributed by atoms with van der Waals surface area (Å²) >= 11 is 3.63. The molecule has 0 saturated carbocycles. The van der Waals surface area contributed by atoms with E-state index in [4.69, 9.17) is 0 Å². The number of nitrogens with one attached hydrogen (secondary N) is 1. The number of aryl methyl sites for hydroxylation is 1. The Kier molecular flexibility index (Phi) is 6.38. The van der Waals surface area contributed by atoms with Gasteiger partial charge in [-0.2, -0.15) is 0 Å². The fourth-order valence-electron chi connectivity index (χ4n) is 2.82. The van der Waals surface area contributed by atoms with Crippen LogP contribution in [0.5, 0.6) is 0 Å². The SMILES string of the molecule is Cc1ccc(CN2CCNCC2c2ccncc2)cc1Br.Cl. The number of hydrogen-bond acceptors (Lipinski definition) is 3. The molecule has 2 aromatic rings. The number of pyridine rings is 1. The molecule has 1 aromatic carbocycles.